The number of aryl methyl sites for hydroxylation is 5. The fraction of sp³-hybridized carbons (Fsp3) is 0.421. The molecule has 0 bridgehead atoms. The molecule has 3 aromatic rings. The molecule has 2 heterocycles. The van der Waals surface area contributed by atoms with E-state index in [2.05, 4.69) is 50.1 Å². The van der Waals surface area contributed by atoms with Crippen molar-refractivity contribution >= 4 is 16.9 Å². The van der Waals surface area contributed by atoms with Gasteiger partial charge >= 0.3 is 0 Å². The Kier molecular flexibility index (Phi) is 4.26. The molecule has 1 N–H and O–H groups in total. The standard InChI is InChI=1S/C19H25N5/c1-7-8-20-19-17-16(21-14(5)22-19)18(24(6)23-17)15-12(3)9-11(2)10-13(15)4/h9-10H,7-8H2,1-6H3,(H,20,21,22). The quantitative estimate of drug-likeness (QED) is 0.786. The van der Waals surface area contributed by atoms with Crippen molar-refractivity contribution in [2.75, 3.05) is 11.9 Å². The summed E-state index contributed by atoms with van der Waals surface area (Å²) < 4.78 is 1.93. The summed E-state index contributed by atoms with van der Waals surface area (Å²) in [6.07, 6.45) is 1.04. The van der Waals surface area contributed by atoms with Crippen molar-refractivity contribution in [2.24, 2.45) is 7.05 Å². The number of anilines is 1. The molecule has 0 unspecified atom stereocenters. The lowest BCUT2D eigenvalue weighted by Gasteiger charge is -2.12. The predicted molar refractivity (Wildman–Crippen MR) is 99.5 cm³/mol. The molecule has 0 aliphatic heterocycles. The first-order valence-electron chi connectivity index (χ1n) is 8.45. The highest BCUT2D eigenvalue weighted by molar-refractivity contribution is 5.97. The molecule has 0 atom stereocenters. The SMILES string of the molecule is CCCNc1nc(C)nc2c(-c3c(C)cc(C)cc3C)n(C)nc12. The molecule has 0 aliphatic carbocycles. The van der Waals surface area contributed by atoms with Crippen LogP contribution in [-0.4, -0.2) is 26.3 Å². The summed E-state index contributed by atoms with van der Waals surface area (Å²) in [7, 11) is 1.98. The van der Waals surface area contributed by atoms with E-state index in [-0.39, 0.29) is 0 Å². The topological polar surface area (TPSA) is 55.6 Å². The number of fused-ring (bicyclic) bond motifs is 1. The van der Waals surface area contributed by atoms with Gasteiger partial charge in [-0.3, -0.25) is 4.68 Å². The van der Waals surface area contributed by atoms with Crippen LogP contribution in [0.3, 0.4) is 0 Å². The van der Waals surface area contributed by atoms with Crippen molar-refractivity contribution in [3.8, 4) is 11.3 Å². The van der Waals surface area contributed by atoms with Crippen molar-refractivity contribution in [1.29, 1.82) is 0 Å². The Morgan fingerprint density at radius 2 is 1.67 bits per heavy atom. The van der Waals surface area contributed by atoms with Crippen molar-refractivity contribution in [1.82, 2.24) is 19.7 Å². The van der Waals surface area contributed by atoms with E-state index < -0.39 is 0 Å². The second-order valence-corrected chi connectivity index (χ2v) is 6.49. The molecule has 0 saturated heterocycles. The normalized spacial score (nSPS) is 11.2. The molecule has 5 nitrogen and oxygen atoms in total. The van der Waals surface area contributed by atoms with Gasteiger partial charge in [0.25, 0.3) is 0 Å². The molecule has 0 fully saturated rings. The first kappa shape index (κ1) is 16.4. The zero-order valence-corrected chi connectivity index (χ0v) is 15.4. The smallest absolute Gasteiger partial charge is 0.158 e. The Morgan fingerprint density at radius 3 is 2.29 bits per heavy atom. The molecule has 0 radical (unpaired) electrons. The third-order valence-corrected chi connectivity index (χ3v) is 4.25. The summed E-state index contributed by atoms with van der Waals surface area (Å²) in [4.78, 5) is 9.26. The number of aromatic nitrogens is 4. The highest BCUT2D eigenvalue weighted by Gasteiger charge is 2.20. The van der Waals surface area contributed by atoms with Crippen molar-refractivity contribution in [2.45, 2.75) is 41.0 Å². The van der Waals surface area contributed by atoms with E-state index in [1.54, 1.807) is 0 Å². The minimum Gasteiger partial charge on any atom is -0.368 e. The van der Waals surface area contributed by atoms with E-state index in [1.165, 1.54) is 22.3 Å². The van der Waals surface area contributed by atoms with E-state index in [1.807, 2.05) is 18.7 Å². The van der Waals surface area contributed by atoms with Crippen molar-refractivity contribution in [3.05, 3.63) is 34.6 Å². The first-order valence-corrected chi connectivity index (χ1v) is 8.45. The Labute approximate surface area is 143 Å². The monoisotopic (exact) mass is 323 g/mol. The molecular formula is C19H25N5. The number of hydrogen-bond acceptors (Lipinski definition) is 4. The van der Waals surface area contributed by atoms with Gasteiger partial charge in [0.05, 0.1) is 5.69 Å². The van der Waals surface area contributed by atoms with Gasteiger partial charge in [0.1, 0.15) is 11.3 Å². The molecule has 0 amide bonds. The molecule has 3 rings (SSSR count). The van der Waals surface area contributed by atoms with E-state index in [0.29, 0.717) is 0 Å². The molecule has 24 heavy (non-hydrogen) atoms. The summed E-state index contributed by atoms with van der Waals surface area (Å²) in [5, 5.41) is 8.10. The number of nitrogens with zero attached hydrogens (tertiary/aromatic N) is 4. The Hall–Kier alpha value is -2.43. The van der Waals surface area contributed by atoms with E-state index in [4.69, 9.17) is 10.1 Å². The summed E-state index contributed by atoms with van der Waals surface area (Å²) in [6.45, 7) is 11.4. The maximum Gasteiger partial charge on any atom is 0.158 e. The second kappa shape index (κ2) is 6.23. The average Bonchev–Trinajstić information content (AvgIpc) is 2.81. The van der Waals surface area contributed by atoms with Gasteiger partial charge in [-0.15, -0.1) is 0 Å². The predicted octanol–water partition coefficient (Wildman–Crippen LogP) is 4.09. The zero-order valence-electron chi connectivity index (χ0n) is 15.4. The summed E-state index contributed by atoms with van der Waals surface area (Å²) >= 11 is 0. The molecule has 126 valence electrons. The fourth-order valence-electron chi connectivity index (χ4n) is 3.38. The van der Waals surface area contributed by atoms with Crippen LogP contribution in [-0.2, 0) is 7.05 Å². The van der Waals surface area contributed by atoms with E-state index in [9.17, 15) is 0 Å². The van der Waals surface area contributed by atoms with Crippen LogP contribution in [0.25, 0.3) is 22.3 Å². The fourth-order valence-corrected chi connectivity index (χ4v) is 3.38. The number of rotatable bonds is 4. The number of nitrogens with one attached hydrogen (secondary N) is 1. The largest absolute Gasteiger partial charge is 0.368 e. The molecule has 0 aliphatic rings. The van der Waals surface area contributed by atoms with Gasteiger partial charge in [-0.25, -0.2) is 9.97 Å². The zero-order chi connectivity index (χ0) is 17.4. The van der Waals surface area contributed by atoms with Gasteiger partial charge in [-0.1, -0.05) is 24.6 Å². The number of hydrogen-bond donors (Lipinski definition) is 1. The lowest BCUT2D eigenvalue weighted by atomic mass is 9.96. The highest BCUT2D eigenvalue weighted by Crippen LogP contribution is 2.34. The molecule has 5 heteroatoms. The minimum absolute atomic E-state index is 0.762. The Balaban J connectivity index is 2.30. The van der Waals surface area contributed by atoms with Gasteiger partial charge in [-0.2, -0.15) is 5.10 Å². The van der Waals surface area contributed by atoms with E-state index >= 15 is 0 Å². The molecule has 1 aromatic carbocycles. The van der Waals surface area contributed by atoms with Gasteiger partial charge in [0.2, 0.25) is 0 Å². The molecular weight excluding hydrogens is 298 g/mol. The molecule has 0 spiro atoms. The average molecular weight is 323 g/mol. The van der Waals surface area contributed by atoms with Crippen LogP contribution >= 0.6 is 0 Å². The lowest BCUT2D eigenvalue weighted by molar-refractivity contribution is 0.786. The highest BCUT2D eigenvalue weighted by atomic mass is 15.3. The maximum atomic E-state index is 4.72. The van der Waals surface area contributed by atoms with Gasteiger partial charge in [0.15, 0.2) is 11.3 Å². The third kappa shape index (κ3) is 2.75. The van der Waals surface area contributed by atoms with Crippen LogP contribution in [0, 0.1) is 27.7 Å². The minimum atomic E-state index is 0.762. The van der Waals surface area contributed by atoms with Crippen molar-refractivity contribution < 1.29 is 0 Å². The van der Waals surface area contributed by atoms with Gasteiger partial charge < -0.3 is 5.32 Å². The van der Waals surface area contributed by atoms with Gasteiger partial charge in [0, 0.05) is 19.2 Å². The van der Waals surface area contributed by atoms with E-state index in [0.717, 1.165) is 41.3 Å². The Morgan fingerprint density at radius 1 is 1.00 bits per heavy atom. The number of benzene rings is 1. The third-order valence-electron chi connectivity index (χ3n) is 4.25. The van der Waals surface area contributed by atoms with Crippen LogP contribution < -0.4 is 5.32 Å². The summed E-state index contributed by atoms with van der Waals surface area (Å²) in [5.74, 6) is 1.58. The van der Waals surface area contributed by atoms with Crippen LogP contribution in [0.2, 0.25) is 0 Å². The summed E-state index contributed by atoms with van der Waals surface area (Å²) in [6, 6.07) is 4.43. The van der Waals surface area contributed by atoms with Crippen LogP contribution in [0.4, 0.5) is 5.82 Å². The van der Waals surface area contributed by atoms with Crippen LogP contribution in [0.1, 0.15) is 35.9 Å². The second-order valence-electron chi connectivity index (χ2n) is 6.49. The molecule has 2 aromatic heterocycles. The first-order chi connectivity index (χ1) is 11.4. The lowest BCUT2D eigenvalue weighted by Crippen LogP contribution is -2.04. The van der Waals surface area contributed by atoms with Gasteiger partial charge in [-0.05, 0) is 45.2 Å². The maximum absolute atomic E-state index is 4.72. The summed E-state index contributed by atoms with van der Waals surface area (Å²) in [5.41, 5.74) is 7.80. The van der Waals surface area contributed by atoms with Crippen LogP contribution in [0.5, 0.6) is 0 Å². The Bertz CT molecular complexity index is 885. The molecule has 0 saturated carbocycles. The van der Waals surface area contributed by atoms with Crippen molar-refractivity contribution in [3.63, 3.8) is 0 Å². The van der Waals surface area contributed by atoms with Crippen LogP contribution in [0.15, 0.2) is 12.1 Å².